The second-order valence-electron chi connectivity index (χ2n) is 5.31. The Morgan fingerprint density at radius 2 is 1.65 bits per heavy atom. The minimum Gasteiger partial charge on any atom is -0.310 e. The fraction of sp³-hybridized carbons (Fsp3) is 0.368. The number of aryl methyl sites for hydroxylation is 1. The number of benzene rings is 2. The van der Waals surface area contributed by atoms with E-state index in [1.807, 2.05) is 0 Å². The van der Waals surface area contributed by atoms with Gasteiger partial charge in [0.2, 0.25) is 0 Å². The van der Waals surface area contributed by atoms with Gasteiger partial charge in [-0.1, -0.05) is 62.4 Å². The molecular formula is C19H25N. The molecule has 0 bridgehead atoms. The molecule has 20 heavy (non-hydrogen) atoms. The van der Waals surface area contributed by atoms with Gasteiger partial charge in [0.05, 0.1) is 0 Å². The first-order chi connectivity index (χ1) is 9.76. The first-order valence-electron chi connectivity index (χ1n) is 7.67. The molecule has 2 rings (SSSR count). The topological polar surface area (TPSA) is 12.0 Å². The van der Waals surface area contributed by atoms with E-state index >= 15 is 0 Å². The zero-order valence-electron chi connectivity index (χ0n) is 12.8. The van der Waals surface area contributed by atoms with Crippen LogP contribution in [0.5, 0.6) is 0 Å². The van der Waals surface area contributed by atoms with E-state index in [1.54, 1.807) is 0 Å². The quantitative estimate of drug-likeness (QED) is 0.778. The summed E-state index contributed by atoms with van der Waals surface area (Å²) in [4.78, 5) is 0. The van der Waals surface area contributed by atoms with Crippen LogP contribution in [0.2, 0.25) is 0 Å². The van der Waals surface area contributed by atoms with Crippen molar-refractivity contribution in [2.24, 2.45) is 0 Å². The lowest BCUT2D eigenvalue weighted by Gasteiger charge is -2.18. The van der Waals surface area contributed by atoms with Gasteiger partial charge in [0.25, 0.3) is 0 Å². The zero-order chi connectivity index (χ0) is 14.4. The number of rotatable bonds is 6. The standard InChI is InChI=1S/C19H25N/c1-4-14-20-15(3)18-8-6-7-9-19(18)17-12-10-16(5-2)11-13-17/h6-13,15,20H,4-5,14H2,1-3H3. The van der Waals surface area contributed by atoms with E-state index in [4.69, 9.17) is 0 Å². The van der Waals surface area contributed by atoms with Crippen molar-refractivity contribution in [3.8, 4) is 11.1 Å². The SMILES string of the molecule is CCCNC(C)c1ccccc1-c1ccc(CC)cc1. The van der Waals surface area contributed by atoms with Crippen LogP contribution in [-0.2, 0) is 6.42 Å². The number of hydrogen-bond donors (Lipinski definition) is 1. The van der Waals surface area contributed by atoms with Crippen LogP contribution in [0.25, 0.3) is 11.1 Å². The molecule has 2 aromatic rings. The lowest BCUT2D eigenvalue weighted by Crippen LogP contribution is -2.19. The largest absolute Gasteiger partial charge is 0.310 e. The molecule has 1 heteroatoms. The molecular weight excluding hydrogens is 242 g/mol. The third kappa shape index (κ3) is 3.49. The maximum atomic E-state index is 3.58. The van der Waals surface area contributed by atoms with E-state index in [0.717, 1.165) is 19.4 Å². The zero-order valence-corrected chi connectivity index (χ0v) is 12.8. The van der Waals surface area contributed by atoms with E-state index in [-0.39, 0.29) is 0 Å². The summed E-state index contributed by atoms with van der Waals surface area (Å²) in [6.07, 6.45) is 2.26. The third-order valence-corrected chi connectivity index (χ3v) is 3.80. The van der Waals surface area contributed by atoms with Crippen LogP contribution in [0.4, 0.5) is 0 Å². The van der Waals surface area contributed by atoms with Crippen LogP contribution in [0.15, 0.2) is 48.5 Å². The highest BCUT2D eigenvalue weighted by Crippen LogP contribution is 2.28. The Morgan fingerprint density at radius 1 is 0.950 bits per heavy atom. The second kappa shape index (κ2) is 7.25. The Bertz CT molecular complexity index is 528. The van der Waals surface area contributed by atoms with Crippen LogP contribution >= 0.6 is 0 Å². The Kier molecular flexibility index (Phi) is 5.37. The van der Waals surface area contributed by atoms with Crippen LogP contribution in [-0.4, -0.2) is 6.54 Å². The summed E-state index contributed by atoms with van der Waals surface area (Å²) in [6.45, 7) is 7.70. The number of nitrogens with one attached hydrogen (secondary N) is 1. The van der Waals surface area contributed by atoms with Gasteiger partial charge in [-0.2, -0.15) is 0 Å². The molecule has 0 radical (unpaired) electrons. The molecule has 0 saturated heterocycles. The molecule has 0 aliphatic heterocycles. The van der Waals surface area contributed by atoms with E-state index in [2.05, 4.69) is 74.6 Å². The molecule has 1 N–H and O–H groups in total. The molecule has 0 aliphatic carbocycles. The summed E-state index contributed by atoms with van der Waals surface area (Å²) in [6, 6.07) is 18.0. The van der Waals surface area contributed by atoms with Gasteiger partial charge in [0.1, 0.15) is 0 Å². The van der Waals surface area contributed by atoms with Crippen molar-refractivity contribution in [1.29, 1.82) is 0 Å². The summed E-state index contributed by atoms with van der Waals surface area (Å²) < 4.78 is 0. The molecule has 1 nitrogen and oxygen atoms in total. The summed E-state index contributed by atoms with van der Waals surface area (Å²) in [5.41, 5.74) is 5.42. The normalized spacial score (nSPS) is 12.3. The maximum absolute atomic E-state index is 3.58. The summed E-state index contributed by atoms with van der Waals surface area (Å²) in [5, 5.41) is 3.58. The van der Waals surface area contributed by atoms with E-state index in [1.165, 1.54) is 22.3 Å². The maximum Gasteiger partial charge on any atom is 0.0297 e. The van der Waals surface area contributed by atoms with Crippen molar-refractivity contribution < 1.29 is 0 Å². The van der Waals surface area contributed by atoms with Crippen LogP contribution in [0.3, 0.4) is 0 Å². The fourth-order valence-corrected chi connectivity index (χ4v) is 2.53. The fourth-order valence-electron chi connectivity index (χ4n) is 2.53. The highest BCUT2D eigenvalue weighted by molar-refractivity contribution is 5.68. The average Bonchev–Trinajstić information content (AvgIpc) is 2.52. The van der Waals surface area contributed by atoms with Crippen molar-refractivity contribution in [3.05, 3.63) is 59.7 Å². The molecule has 0 aromatic heterocycles. The molecule has 0 aliphatic rings. The highest BCUT2D eigenvalue weighted by atomic mass is 14.9. The van der Waals surface area contributed by atoms with Gasteiger partial charge in [-0.15, -0.1) is 0 Å². The van der Waals surface area contributed by atoms with Crippen LogP contribution in [0, 0.1) is 0 Å². The van der Waals surface area contributed by atoms with Gasteiger partial charge in [-0.3, -0.25) is 0 Å². The lowest BCUT2D eigenvalue weighted by atomic mass is 9.94. The second-order valence-corrected chi connectivity index (χ2v) is 5.31. The minimum atomic E-state index is 0.386. The molecule has 2 aromatic carbocycles. The predicted molar refractivity (Wildman–Crippen MR) is 88.0 cm³/mol. The van der Waals surface area contributed by atoms with Crippen molar-refractivity contribution in [1.82, 2.24) is 5.32 Å². The van der Waals surface area contributed by atoms with E-state index in [0.29, 0.717) is 6.04 Å². The van der Waals surface area contributed by atoms with Crippen molar-refractivity contribution in [3.63, 3.8) is 0 Å². The van der Waals surface area contributed by atoms with Gasteiger partial charge in [-0.25, -0.2) is 0 Å². The van der Waals surface area contributed by atoms with Crippen LogP contribution < -0.4 is 5.32 Å². The van der Waals surface area contributed by atoms with E-state index < -0.39 is 0 Å². The van der Waals surface area contributed by atoms with Gasteiger partial charge < -0.3 is 5.32 Å². The Hall–Kier alpha value is -1.60. The molecule has 106 valence electrons. The summed E-state index contributed by atoms with van der Waals surface area (Å²) in [5.74, 6) is 0. The van der Waals surface area contributed by atoms with Gasteiger partial charge in [0.15, 0.2) is 0 Å². The summed E-state index contributed by atoms with van der Waals surface area (Å²) in [7, 11) is 0. The summed E-state index contributed by atoms with van der Waals surface area (Å²) >= 11 is 0. The van der Waals surface area contributed by atoms with Gasteiger partial charge in [0, 0.05) is 6.04 Å². The molecule has 0 saturated carbocycles. The Morgan fingerprint density at radius 3 is 2.30 bits per heavy atom. The lowest BCUT2D eigenvalue weighted by molar-refractivity contribution is 0.572. The average molecular weight is 267 g/mol. The van der Waals surface area contributed by atoms with Crippen molar-refractivity contribution in [2.75, 3.05) is 6.54 Å². The monoisotopic (exact) mass is 267 g/mol. The first-order valence-corrected chi connectivity index (χ1v) is 7.67. The third-order valence-electron chi connectivity index (χ3n) is 3.80. The molecule has 0 spiro atoms. The highest BCUT2D eigenvalue weighted by Gasteiger charge is 2.10. The molecule has 0 amide bonds. The van der Waals surface area contributed by atoms with Crippen molar-refractivity contribution in [2.45, 2.75) is 39.7 Å². The van der Waals surface area contributed by atoms with Gasteiger partial charge >= 0.3 is 0 Å². The number of hydrogen-bond acceptors (Lipinski definition) is 1. The Labute approximate surface area is 123 Å². The molecule has 1 unspecified atom stereocenters. The first kappa shape index (κ1) is 14.8. The molecule has 1 atom stereocenters. The molecule has 0 heterocycles. The van der Waals surface area contributed by atoms with Crippen LogP contribution in [0.1, 0.15) is 44.4 Å². The minimum absolute atomic E-state index is 0.386. The Balaban J connectivity index is 2.30. The van der Waals surface area contributed by atoms with Crippen molar-refractivity contribution >= 4 is 0 Å². The van der Waals surface area contributed by atoms with E-state index in [9.17, 15) is 0 Å². The smallest absolute Gasteiger partial charge is 0.0297 e. The predicted octanol–water partition coefficient (Wildman–Crippen LogP) is 4.98. The van der Waals surface area contributed by atoms with Gasteiger partial charge in [-0.05, 0) is 48.6 Å². The molecule has 0 fully saturated rings.